The number of benzene rings is 1. The summed E-state index contributed by atoms with van der Waals surface area (Å²) in [6.07, 6.45) is 8.87. The predicted molar refractivity (Wildman–Crippen MR) is 124 cm³/mol. The molecule has 32 heavy (non-hydrogen) atoms. The molecule has 1 aliphatic carbocycles. The van der Waals surface area contributed by atoms with Crippen molar-refractivity contribution in [3.05, 3.63) is 47.0 Å². The average Bonchev–Trinajstić information content (AvgIpc) is 3.55. The van der Waals surface area contributed by atoms with Crippen molar-refractivity contribution in [1.82, 2.24) is 19.5 Å². The van der Waals surface area contributed by atoms with Gasteiger partial charge in [-0.05, 0) is 63.1 Å². The number of hydrogen-bond donors (Lipinski definition) is 2. The Morgan fingerprint density at radius 3 is 2.88 bits per heavy atom. The van der Waals surface area contributed by atoms with E-state index in [0.29, 0.717) is 11.8 Å². The second-order valence-electron chi connectivity index (χ2n) is 8.70. The van der Waals surface area contributed by atoms with Crippen molar-refractivity contribution < 1.29 is 9.84 Å². The highest BCUT2D eigenvalue weighted by molar-refractivity contribution is 5.59. The van der Waals surface area contributed by atoms with Gasteiger partial charge in [-0.2, -0.15) is 4.98 Å². The number of nitrogens with one attached hydrogen (secondary N) is 1. The molecular formula is C24H30N6O2. The Labute approximate surface area is 188 Å². The van der Waals surface area contributed by atoms with Crippen LogP contribution in [0.2, 0.25) is 0 Å². The summed E-state index contributed by atoms with van der Waals surface area (Å²) in [5.74, 6) is 3.09. The molecule has 2 aliphatic rings. The van der Waals surface area contributed by atoms with Crippen LogP contribution in [0.3, 0.4) is 0 Å². The van der Waals surface area contributed by atoms with Gasteiger partial charge in [0, 0.05) is 18.2 Å². The fourth-order valence-electron chi connectivity index (χ4n) is 4.82. The fourth-order valence-corrected chi connectivity index (χ4v) is 4.82. The van der Waals surface area contributed by atoms with Crippen LogP contribution >= 0.6 is 0 Å². The molecule has 8 heteroatoms. The first kappa shape index (κ1) is 20.8. The minimum Gasteiger partial charge on any atom is -0.496 e. The lowest BCUT2D eigenvalue weighted by atomic mass is 10.1. The summed E-state index contributed by atoms with van der Waals surface area (Å²) in [6.45, 7) is 5.22. The molecule has 0 spiro atoms. The van der Waals surface area contributed by atoms with Gasteiger partial charge in [-0.1, -0.05) is 0 Å². The van der Waals surface area contributed by atoms with Crippen LogP contribution in [0.5, 0.6) is 5.75 Å². The number of aryl methyl sites for hydroxylation is 2. The van der Waals surface area contributed by atoms with E-state index >= 15 is 0 Å². The molecular weight excluding hydrogens is 404 g/mol. The summed E-state index contributed by atoms with van der Waals surface area (Å²) < 4.78 is 7.49. The van der Waals surface area contributed by atoms with Gasteiger partial charge in [-0.3, -0.25) is 0 Å². The van der Waals surface area contributed by atoms with Crippen LogP contribution in [0.25, 0.3) is 5.69 Å². The van der Waals surface area contributed by atoms with Crippen LogP contribution in [0.4, 0.5) is 17.6 Å². The van der Waals surface area contributed by atoms with Gasteiger partial charge in [0.15, 0.2) is 5.82 Å². The van der Waals surface area contributed by atoms with Crippen LogP contribution in [0, 0.1) is 13.8 Å². The maximum Gasteiger partial charge on any atom is 0.230 e. The molecule has 0 bridgehead atoms. The van der Waals surface area contributed by atoms with Crippen molar-refractivity contribution in [2.24, 2.45) is 0 Å². The largest absolute Gasteiger partial charge is 0.496 e. The normalized spacial score (nSPS) is 17.6. The highest BCUT2D eigenvalue weighted by Gasteiger charge is 2.30. The van der Waals surface area contributed by atoms with Crippen molar-refractivity contribution >= 4 is 17.6 Å². The molecule has 0 saturated carbocycles. The quantitative estimate of drug-likeness (QED) is 0.614. The van der Waals surface area contributed by atoms with Gasteiger partial charge in [-0.25, -0.2) is 9.97 Å². The first-order chi connectivity index (χ1) is 15.6. The third-order valence-corrected chi connectivity index (χ3v) is 6.72. The molecule has 0 amide bonds. The standard InChI is InChI=1S/C24H30N6O2/c1-15-10-18(11-21(32-3)16(15)2)29-12-22(25-14-29)27-24-26-20-8-4-7-19(20)23(28-24)30-9-5-6-17(30)13-31/h10-12,14,17,31H,4-9,13H2,1-3H3,(H,26,27,28)/t17-/m0/s1. The molecule has 2 aromatic heterocycles. The van der Waals surface area contributed by atoms with Gasteiger partial charge in [-0.15, -0.1) is 0 Å². The highest BCUT2D eigenvalue weighted by Crippen LogP contribution is 2.34. The van der Waals surface area contributed by atoms with Crippen molar-refractivity contribution in [3.63, 3.8) is 0 Å². The zero-order valence-corrected chi connectivity index (χ0v) is 18.9. The smallest absolute Gasteiger partial charge is 0.230 e. The van der Waals surface area contributed by atoms with E-state index < -0.39 is 0 Å². The summed E-state index contributed by atoms with van der Waals surface area (Å²) in [7, 11) is 1.69. The third kappa shape index (κ3) is 3.68. The molecule has 3 aromatic rings. The maximum absolute atomic E-state index is 9.81. The number of nitrogens with zero attached hydrogens (tertiary/aromatic N) is 5. The lowest BCUT2D eigenvalue weighted by Crippen LogP contribution is -2.33. The number of ether oxygens (including phenoxy) is 1. The molecule has 2 N–H and O–H groups in total. The number of aliphatic hydroxyl groups is 1. The zero-order chi connectivity index (χ0) is 22.2. The Morgan fingerprint density at radius 2 is 2.06 bits per heavy atom. The Bertz CT molecular complexity index is 1140. The molecule has 0 unspecified atom stereocenters. The summed E-state index contributed by atoms with van der Waals surface area (Å²) >= 11 is 0. The van der Waals surface area contributed by atoms with Crippen LogP contribution < -0.4 is 15.0 Å². The number of imidazole rings is 1. The molecule has 8 nitrogen and oxygen atoms in total. The van der Waals surface area contributed by atoms with Crippen molar-refractivity contribution in [1.29, 1.82) is 0 Å². The second-order valence-corrected chi connectivity index (χ2v) is 8.70. The van der Waals surface area contributed by atoms with E-state index in [1.807, 2.05) is 16.8 Å². The van der Waals surface area contributed by atoms with Gasteiger partial charge in [0.25, 0.3) is 0 Å². The Morgan fingerprint density at radius 1 is 1.19 bits per heavy atom. The topological polar surface area (TPSA) is 88.3 Å². The van der Waals surface area contributed by atoms with E-state index in [1.54, 1.807) is 13.4 Å². The van der Waals surface area contributed by atoms with E-state index in [2.05, 4.69) is 35.1 Å². The van der Waals surface area contributed by atoms with Crippen LogP contribution in [0.15, 0.2) is 24.7 Å². The van der Waals surface area contributed by atoms with Gasteiger partial charge in [0.2, 0.25) is 5.95 Å². The number of aliphatic hydroxyl groups excluding tert-OH is 1. The molecule has 3 heterocycles. The SMILES string of the molecule is COc1cc(-n2cnc(Nc3nc4c(c(N5CCC[C@H]5CO)n3)CCC4)c2)cc(C)c1C. The molecule has 1 atom stereocenters. The van der Waals surface area contributed by atoms with Gasteiger partial charge >= 0.3 is 0 Å². The highest BCUT2D eigenvalue weighted by atomic mass is 16.5. The number of fused-ring (bicyclic) bond motifs is 1. The van der Waals surface area contributed by atoms with Gasteiger partial charge in [0.05, 0.1) is 37.3 Å². The lowest BCUT2D eigenvalue weighted by molar-refractivity contribution is 0.266. The first-order valence-corrected chi connectivity index (χ1v) is 11.3. The fraction of sp³-hybridized carbons (Fsp3) is 0.458. The number of aromatic nitrogens is 4. The number of hydrogen-bond acceptors (Lipinski definition) is 7. The lowest BCUT2D eigenvalue weighted by Gasteiger charge is -2.26. The van der Waals surface area contributed by atoms with Crippen molar-refractivity contribution in [3.8, 4) is 11.4 Å². The molecule has 5 rings (SSSR count). The Kier molecular flexibility index (Phi) is 5.46. The summed E-state index contributed by atoms with van der Waals surface area (Å²) in [6, 6.07) is 4.28. The molecule has 1 aromatic carbocycles. The minimum atomic E-state index is 0.140. The van der Waals surface area contributed by atoms with Crippen molar-refractivity contribution in [2.45, 2.75) is 52.0 Å². The van der Waals surface area contributed by atoms with E-state index in [4.69, 9.17) is 14.7 Å². The van der Waals surface area contributed by atoms with E-state index in [0.717, 1.165) is 67.2 Å². The molecule has 0 radical (unpaired) electrons. The van der Waals surface area contributed by atoms with Gasteiger partial charge < -0.3 is 24.6 Å². The average molecular weight is 435 g/mol. The zero-order valence-electron chi connectivity index (χ0n) is 18.9. The summed E-state index contributed by atoms with van der Waals surface area (Å²) in [4.78, 5) is 16.4. The van der Waals surface area contributed by atoms with Gasteiger partial charge in [0.1, 0.15) is 17.9 Å². The molecule has 1 aliphatic heterocycles. The third-order valence-electron chi connectivity index (χ3n) is 6.72. The Balaban J connectivity index is 1.44. The minimum absolute atomic E-state index is 0.140. The molecule has 168 valence electrons. The molecule has 1 saturated heterocycles. The van der Waals surface area contributed by atoms with E-state index in [9.17, 15) is 5.11 Å². The summed E-state index contributed by atoms with van der Waals surface area (Å²) in [5.41, 5.74) is 5.64. The number of anilines is 3. The van der Waals surface area contributed by atoms with Crippen molar-refractivity contribution in [2.75, 3.05) is 30.5 Å². The number of rotatable bonds is 6. The Hall–Kier alpha value is -3.13. The van der Waals surface area contributed by atoms with E-state index in [-0.39, 0.29) is 12.6 Å². The van der Waals surface area contributed by atoms with Crippen LogP contribution in [-0.2, 0) is 12.8 Å². The number of methoxy groups -OCH3 is 1. The van der Waals surface area contributed by atoms with Crippen LogP contribution in [0.1, 0.15) is 41.6 Å². The van der Waals surface area contributed by atoms with E-state index in [1.165, 1.54) is 11.1 Å². The second kappa shape index (κ2) is 8.43. The van der Waals surface area contributed by atoms with Crippen LogP contribution in [-0.4, -0.2) is 50.9 Å². The first-order valence-electron chi connectivity index (χ1n) is 11.3. The maximum atomic E-state index is 9.81. The monoisotopic (exact) mass is 434 g/mol. The predicted octanol–water partition coefficient (Wildman–Crippen LogP) is 3.48. The molecule has 1 fully saturated rings. The summed E-state index contributed by atoms with van der Waals surface area (Å²) in [5, 5.41) is 13.1.